The second kappa shape index (κ2) is 5.18. The van der Waals surface area contributed by atoms with Crippen LogP contribution in [0.3, 0.4) is 0 Å². The molecule has 0 aliphatic heterocycles. The number of fused-ring (bicyclic) bond motifs is 1. The van der Waals surface area contributed by atoms with E-state index in [4.69, 9.17) is 11.6 Å². The van der Waals surface area contributed by atoms with E-state index in [2.05, 4.69) is 10.1 Å². The van der Waals surface area contributed by atoms with Gasteiger partial charge in [0.15, 0.2) is 11.3 Å². The monoisotopic (exact) mass is 301 g/mol. The topological polar surface area (TPSA) is 67.5 Å². The van der Waals surface area contributed by atoms with Crippen LogP contribution >= 0.6 is 11.6 Å². The van der Waals surface area contributed by atoms with Gasteiger partial charge in [-0.25, -0.2) is 14.3 Å². The summed E-state index contributed by atoms with van der Waals surface area (Å²) in [6.45, 7) is 1.96. The Kier molecular flexibility index (Phi) is 3.35. The molecule has 0 spiro atoms. The Bertz CT molecular complexity index is 842. The summed E-state index contributed by atoms with van der Waals surface area (Å²) >= 11 is 5.98. The van der Waals surface area contributed by atoms with Crippen LogP contribution in [0.4, 0.5) is 0 Å². The van der Waals surface area contributed by atoms with Crippen LogP contribution in [-0.4, -0.2) is 25.7 Å². The highest BCUT2D eigenvalue weighted by atomic mass is 35.5. The van der Waals surface area contributed by atoms with E-state index in [9.17, 15) is 9.90 Å². The highest BCUT2D eigenvalue weighted by molar-refractivity contribution is 6.30. The third kappa shape index (κ3) is 2.48. The van der Waals surface area contributed by atoms with Gasteiger partial charge >= 0.3 is 5.97 Å². The number of carboxylic acid groups (broad SMARTS) is 1. The van der Waals surface area contributed by atoms with E-state index < -0.39 is 5.97 Å². The lowest BCUT2D eigenvalue weighted by atomic mass is 10.1. The minimum atomic E-state index is -1.04. The molecule has 2 heterocycles. The fraction of sp³-hybridized carbons (Fsp3) is 0.133. The lowest BCUT2D eigenvalue weighted by Crippen LogP contribution is -2.08. The molecule has 3 rings (SSSR count). The van der Waals surface area contributed by atoms with Crippen molar-refractivity contribution in [1.82, 2.24) is 14.6 Å². The maximum absolute atomic E-state index is 11.4. The Morgan fingerprint density at radius 1 is 1.33 bits per heavy atom. The maximum Gasteiger partial charge on any atom is 0.354 e. The molecule has 0 unspecified atom stereocenters. The smallest absolute Gasteiger partial charge is 0.354 e. The first-order chi connectivity index (χ1) is 10.1. The molecule has 0 aliphatic rings. The zero-order valence-electron chi connectivity index (χ0n) is 11.2. The first-order valence-corrected chi connectivity index (χ1v) is 6.85. The molecule has 0 saturated carbocycles. The molecule has 21 heavy (non-hydrogen) atoms. The van der Waals surface area contributed by atoms with Crippen LogP contribution in [-0.2, 0) is 6.42 Å². The standard InChI is InChI=1S/C15H12ClN3O2/c1-2-11-7-14-17-12(9-4-3-5-10(16)6-9)8-13(15(20)21)19(14)18-11/h3-8H,2H2,1H3,(H,20,21). The number of rotatable bonds is 3. The Morgan fingerprint density at radius 3 is 2.81 bits per heavy atom. The van der Waals surface area contributed by atoms with Gasteiger partial charge < -0.3 is 5.11 Å². The summed E-state index contributed by atoms with van der Waals surface area (Å²) < 4.78 is 1.36. The number of nitrogens with zero attached hydrogens (tertiary/aromatic N) is 3. The summed E-state index contributed by atoms with van der Waals surface area (Å²) in [5.41, 5.74) is 2.72. The number of hydrogen-bond donors (Lipinski definition) is 1. The van der Waals surface area contributed by atoms with Crippen molar-refractivity contribution < 1.29 is 9.90 Å². The zero-order valence-corrected chi connectivity index (χ0v) is 12.0. The fourth-order valence-corrected chi connectivity index (χ4v) is 2.33. The summed E-state index contributed by atoms with van der Waals surface area (Å²) in [5.74, 6) is -1.04. The van der Waals surface area contributed by atoms with Crippen molar-refractivity contribution in [2.45, 2.75) is 13.3 Å². The average Bonchev–Trinajstić information content (AvgIpc) is 2.88. The largest absolute Gasteiger partial charge is 0.477 e. The van der Waals surface area contributed by atoms with Gasteiger partial charge in [0.05, 0.1) is 11.4 Å². The highest BCUT2D eigenvalue weighted by Gasteiger charge is 2.15. The Balaban J connectivity index is 2.27. The van der Waals surface area contributed by atoms with E-state index >= 15 is 0 Å². The molecular formula is C15H12ClN3O2. The number of carboxylic acids is 1. The van der Waals surface area contributed by atoms with E-state index in [0.29, 0.717) is 16.4 Å². The van der Waals surface area contributed by atoms with Crippen LogP contribution in [0, 0.1) is 0 Å². The number of halogens is 1. The Hall–Kier alpha value is -2.40. The number of hydrogen-bond acceptors (Lipinski definition) is 3. The number of aromatic carboxylic acids is 1. The van der Waals surface area contributed by atoms with Gasteiger partial charge in [0, 0.05) is 16.7 Å². The fourth-order valence-electron chi connectivity index (χ4n) is 2.14. The quantitative estimate of drug-likeness (QED) is 0.806. The minimum absolute atomic E-state index is 0.0784. The number of aromatic nitrogens is 3. The van der Waals surface area contributed by atoms with Gasteiger partial charge in [0.25, 0.3) is 0 Å². The Morgan fingerprint density at radius 2 is 2.14 bits per heavy atom. The van der Waals surface area contributed by atoms with Crippen LogP contribution < -0.4 is 0 Å². The van der Waals surface area contributed by atoms with Gasteiger partial charge in [-0.15, -0.1) is 0 Å². The second-order valence-electron chi connectivity index (χ2n) is 4.60. The van der Waals surface area contributed by atoms with Crippen LogP contribution in [0.15, 0.2) is 36.4 Å². The van der Waals surface area contributed by atoms with Crippen LogP contribution in [0.2, 0.25) is 5.02 Å². The lowest BCUT2D eigenvalue weighted by molar-refractivity contribution is 0.0687. The molecular weight excluding hydrogens is 290 g/mol. The van der Waals surface area contributed by atoms with Crippen molar-refractivity contribution in [1.29, 1.82) is 0 Å². The van der Waals surface area contributed by atoms with E-state index in [1.807, 2.05) is 13.0 Å². The molecule has 0 fully saturated rings. The average molecular weight is 302 g/mol. The van der Waals surface area contributed by atoms with Crippen LogP contribution in [0.1, 0.15) is 23.1 Å². The van der Waals surface area contributed by atoms with Gasteiger partial charge in [0.1, 0.15) is 0 Å². The molecule has 0 saturated heterocycles. The summed E-state index contributed by atoms with van der Waals surface area (Å²) in [7, 11) is 0. The van der Waals surface area contributed by atoms with Gasteiger partial charge in [-0.2, -0.15) is 5.10 Å². The maximum atomic E-state index is 11.4. The zero-order chi connectivity index (χ0) is 15.0. The van der Waals surface area contributed by atoms with Crippen LogP contribution in [0.25, 0.3) is 16.9 Å². The van der Waals surface area contributed by atoms with Gasteiger partial charge in [-0.1, -0.05) is 30.7 Å². The van der Waals surface area contributed by atoms with Gasteiger partial charge in [-0.05, 0) is 24.6 Å². The first kappa shape index (κ1) is 13.6. The van der Waals surface area contributed by atoms with Crippen LogP contribution in [0.5, 0.6) is 0 Å². The third-order valence-corrected chi connectivity index (χ3v) is 3.41. The molecule has 3 aromatic rings. The molecule has 0 radical (unpaired) electrons. The van der Waals surface area contributed by atoms with E-state index in [0.717, 1.165) is 17.7 Å². The first-order valence-electron chi connectivity index (χ1n) is 6.47. The van der Waals surface area contributed by atoms with Gasteiger partial charge in [-0.3, -0.25) is 0 Å². The summed E-state index contributed by atoms with van der Waals surface area (Å²) in [5, 5.41) is 14.2. The normalized spacial score (nSPS) is 11.0. The van der Waals surface area contributed by atoms with E-state index in [1.54, 1.807) is 24.3 Å². The molecule has 5 nitrogen and oxygen atoms in total. The summed E-state index contributed by atoms with van der Waals surface area (Å²) in [6.07, 6.45) is 0.717. The molecule has 1 N–H and O–H groups in total. The number of carbonyl (C=O) groups is 1. The molecule has 0 bridgehead atoms. The van der Waals surface area contributed by atoms with Crippen molar-refractivity contribution in [2.75, 3.05) is 0 Å². The van der Waals surface area contributed by atoms with E-state index in [1.165, 1.54) is 10.6 Å². The predicted octanol–water partition coefficient (Wildman–Crippen LogP) is 3.31. The van der Waals surface area contributed by atoms with Crippen molar-refractivity contribution in [2.24, 2.45) is 0 Å². The third-order valence-electron chi connectivity index (χ3n) is 3.18. The highest BCUT2D eigenvalue weighted by Crippen LogP contribution is 2.23. The Labute approximate surface area is 125 Å². The molecule has 0 amide bonds. The molecule has 6 heteroatoms. The van der Waals surface area contributed by atoms with Crippen molar-refractivity contribution >= 4 is 23.2 Å². The second-order valence-corrected chi connectivity index (χ2v) is 5.04. The lowest BCUT2D eigenvalue weighted by Gasteiger charge is -2.05. The predicted molar refractivity (Wildman–Crippen MR) is 79.8 cm³/mol. The van der Waals surface area contributed by atoms with E-state index in [-0.39, 0.29) is 5.69 Å². The summed E-state index contributed by atoms with van der Waals surface area (Å²) in [4.78, 5) is 15.9. The van der Waals surface area contributed by atoms with Crippen molar-refractivity contribution in [3.05, 3.63) is 52.8 Å². The van der Waals surface area contributed by atoms with Crippen molar-refractivity contribution in [3.63, 3.8) is 0 Å². The molecule has 106 valence electrons. The molecule has 0 aliphatic carbocycles. The number of aryl methyl sites for hydroxylation is 1. The minimum Gasteiger partial charge on any atom is -0.477 e. The molecule has 2 aromatic heterocycles. The SMILES string of the molecule is CCc1cc2nc(-c3cccc(Cl)c3)cc(C(=O)O)n2n1. The molecule has 1 aromatic carbocycles. The molecule has 0 atom stereocenters. The van der Waals surface area contributed by atoms with Gasteiger partial charge in [0.2, 0.25) is 0 Å². The summed E-state index contributed by atoms with van der Waals surface area (Å²) in [6, 6.07) is 10.5. The van der Waals surface area contributed by atoms with Crippen molar-refractivity contribution in [3.8, 4) is 11.3 Å². The number of benzene rings is 1.